The maximum Gasteiger partial charge on any atom is 0.154 e. The summed E-state index contributed by atoms with van der Waals surface area (Å²) < 4.78 is 0. The Hall–Kier alpha value is -2.40. The zero-order valence-corrected chi connectivity index (χ0v) is 11.6. The highest BCUT2D eigenvalue weighted by atomic mass is 16.1. The molecule has 2 aromatic carbocycles. The molecule has 2 fully saturated rings. The zero-order chi connectivity index (χ0) is 14.4. The van der Waals surface area contributed by atoms with Gasteiger partial charge in [-0.3, -0.25) is 4.79 Å². The highest BCUT2D eigenvalue weighted by Crippen LogP contribution is 2.73. The second-order valence-corrected chi connectivity index (χ2v) is 6.06. The summed E-state index contributed by atoms with van der Waals surface area (Å²) >= 11 is 0. The smallest absolute Gasteiger partial charge is 0.154 e. The molecule has 2 saturated carbocycles. The fourth-order valence-electron chi connectivity index (χ4n) is 4.25. The molecule has 0 N–H and O–H groups in total. The SMILES string of the molecule is N#C[C@@H]1C[C@]2(c3ccccc3)[C@H](c3ccccc3)[C@@H]2C1=O. The van der Waals surface area contributed by atoms with Gasteiger partial charge in [-0.2, -0.15) is 5.26 Å². The number of benzene rings is 2. The van der Waals surface area contributed by atoms with Gasteiger partial charge in [0.1, 0.15) is 5.92 Å². The molecule has 2 nitrogen and oxygen atoms in total. The first kappa shape index (κ1) is 12.3. The third-order valence-corrected chi connectivity index (χ3v) is 5.15. The lowest BCUT2D eigenvalue weighted by Crippen LogP contribution is -2.14. The molecule has 0 saturated heterocycles. The van der Waals surface area contributed by atoms with Gasteiger partial charge in [0.25, 0.3) is 0 Å². The molecule has 0 aliphatic heterocycles. The Morgan fingerprint density at radius 3 is 2.19 bits per heavy atom. The van der Waals surface area contributed by atoms with Crippen molar-refractivity contribution in [2.45, 2.75) is 17.8 Å². The van der Waals surface area contributed by atoms with Gasteiger partial charge in [0.15, 0.2) is 5.78 Å². The van der Waals surface area contributed by atoms with E-state index in [4.69, 9.17) is 0 Å². The first-order chi connectivity index (χ1) is 10.3. The van der Waals surface area contributed by atoms with Crippen LogP contribution >= 0.6 is 0 Å². The molecule has 4 atom stereocenters. The number of carbonyl (C=O) groups excluding carboxylic acids is 1. The van der Waals surface area contributed by atoms with E-state index >= 15 is 0 Å². The monoisotopic (exact) mass is 273 g/mol. The molecule has 2 heteroatoms. The standard InChI is InChI=1S/C19H15NO/c20-12-14-11-19(15-9-5-2-6-10-15)16(17(19)18(14)21)13-7-3-1-4-8-13/h1-10,14,16-17H,11H2/t14-,16+,17+,19-/m0/s1. The van der Waals surface area contributed by atoms with Gasteiger partial charge in [0, 0.05) is 17.3 Å². The second kappa shape index (κ2) is 4.30. The molecular weight excluding hydrogens is 258 g/mol. The molecule has 2 aliphatic rings. The Morgan fingerprint density at radius 1 is 0.952 bits per heavy atom. The number of fused-ring (bicyclic) bond motifs is 1. The van der Waals surface area contributed by atoms with Crippen molar-refractivity contribution in [2.75, 3.05) is 0 Å². The van der Waals surface area contributed by atoms with E-state index in [9.17, 15) is 10.1 Å². The molecule has 0 amide bonds. The summed E-state index contributed by atoms with van der Waals surface area (Å²) in [5.74, 6) is -0.0875. The van der Waals surface area contributed by atoms with Crippen LogP contribution in [0.25, 0.3) is 0 Å². The largest absolute Gasteiger partial charge is 0.298 e. The number of nitrogens with zero attached hydrogens (tertiary/aromatic N) is 1. The number of hydrogen-bond acceptors (Lipinski definition) is 2. The van der Waals surface area contributed by atoms with E-state index in [1.54, 1.807) is 0 Å². The van der Waals surface area contributed by atoms with Crippen molar-refractivity contribution in [1.82, 2.24) is 0 Å². The van der Waals surface area contributed by atoms with Crippen LogP contribution < -0.4 is 0 Å². The van der Waals surface area contributed by atoms with Crippen LogP contribution in [0.5, 0.6) is 0 Å². The molecule has 102 valence electrons. The summed E-state index contributed by atoms with van der Waals surface area (Å²) in [6.07, 6.45) is 0.663. The van der Waals surface area contributed by atoms with Gasteiger partial charge in [-0.1, -0.05) is 60.7 Å². The number of hydrogen-bond donors (Lipinski definition) is 0. The molecule has 0 heterocycles. The normalized spacial score (nSPS) is 33.3. The zero-order valence-electron chi connectivity index (χ0n) is 11.6. The Kier molecular flexibility index (Phi) is 2.53. The molecule has 0 radical (unpaired) electrons. The summed E-state index contributed by atoms with van der Waals surface area (Å²) in [5, 5.41) is 9.22. The van der Waals surface area contributed by atoms with Gasteiger partial charge in [-0.05, 0) is 17.5 Å². The molecule has 0 spiro atoms. The van der Waals surface area contributed by atoms with Gasteiger partial charge in [-0.25, -0.2) is 0 Å². The van der Waals surface area contributed by atoms with Crippen molar-refractivity contribution in [3.8, 4) is 6.07 Å². The second-order valence-electron chi connectivity index (χ2n) is 6.06. The van der Waals surface area contributed by atoms with Crippen molar-refractivity contribution in [3.63, 3.8) is 0 Å². The van der Waals surface area contributed by atoms with Gasteiger partial charge < -0.3 is 0 Å². The summed E-state index contributed by atoms with van der Waals surface area (Å²) in [6.45, 7) is 0. The van der Waals surface area contributed by atoms with Gasteiger partial charge in [0.2, 0.25) is 0 Å². The average molecular weight is 273 g/mol. The molecule has 0 aromatic heterocycles. The topological polar surface area (TPSA) is 40.9 Å². The van der Waals surface area contributed by atoms with E-state index < -0.39 is 5.92 Å². The van der Waals surface area contributed by atoms with Crippen molar-refractivity contribution in [2.24, 2.45) is 11.8 Å². The van der Waals surface area contributed by atoms with Gasteiger partial charge in [-0.15, -0.1) is 0 Å². The van der Waals surface area contributed by atoms with Crippen LogP contribution in [0.3, 0.4) is 0 Å². The van der Waals surface area contributed by atoms with Crippen molar-refractivity contribution >= 4 is 5.78 Å². The summed E-state index contributed by atoms with van der Waals surface area (Å²) in [5.41, 5.74) is 2.27. The Bertz CT molecular complexity index is 731. The minimum absolute atomic E-state index is 0.0213. The van der Waals surface area contributed by atoms with Crippen molar-refractivity contribution < 1.29 is 4.79 Å². The van der Waals surface area contributed by atoms with Crippen LogP contribution in [0.15, 0.2) is 60.7 Å². The maximum absolute atomic E-state index is 12.5. The summed E-state index contributed by atoms with van der Waals surface area (Å²) in [6, 6.07) is 22.7. The van der Waals surface area contributed by atoms with Gasteiger partial charge >= 0.3 is 0 Å². The Labute approximate surface area is 124 Å². The highest BCUT2D eigenvalue weighted by molar-refractivity contribution is 5.96. The summed E-state index contributed by atoms with van der Waals surface area (Å²) in [4.78, 5) is 12.5. The molecule has 21 heavy (non-hydrogen) atoms. The minimum Gasteiger partial charge on any atom is -0.298 e. The Balaban J connectivity index is 1.82. The number of carbonyl (C=O) groups is 1. The Morgan fingerprint density at radius 2 is 1.57 bits per heavy atom. The molecule has 2 aromatic rings. The van der Waals surface area contributed by atoms with Crippen molar-refractivity contribution in [1.29, 1.82) is 5.26 Å². The lowest BCUT2D eigenvalue weighted by Gasteiger charge is -2.17. The molecule has 0 bridgehead atoms. The van der Waals surface area contributed by atoms with Crippen LogP contribution in [0.4, 0.5) is 0 Å². The third kappa shape index (κ3) is 1.55. The van der Waals surface area contributed by atoms with E-state index in [1.807, 2.05) is 36.4 Å². The van der Waals surface area contributed by atoms with Crippen LogP contribution in [0, 0.1) is 23.2 Å². The van der Waals surface area contributed by atoms with Crippen LogP contribution in [0.2, 0.25) is 0 Å². The molecule has 4 rings (SSSR count). The number of rotatable bonds is 2. The first-order valence-corrected chi connectivity index (χ1v) is 7.33. The van der Waals surface area contributed by atoms with Gasteiger partial charge in [0.05, 0.1) is 6.07 Å². The first-order valence-electron chi connectivity index (χ1n) is 7.33. The predicted molar refractivity (Wildman–Crippen MR) is 79.5 cm³/mol. The fraction of sp³-hybridized carbons (Fsp3) is 0.263. The van der Waals surface area contributed by atoms with E-state index in [0.717, 1.165) is 0 Å². The fourth-order valence-corrected chi connectivity index (χ4v) is 4.25. The minimum atomic E-state index is -0.435. The lowest BCUT2D eigenvalue weighted by molar-refractivity contribution is -0.121. The third-order valence-electron chi connectivity index (χ3n) is 5.15. The average Bonchev–Trinajstić information content (AvgIpc) is 3.14. The predicted octanol–water partition coefficient (Wildman–Crippen LogP) is 3.45. The van der Waals surface area contributed by atoms with E-state index in [1.165, 1.54) is 11.1 Å². The summed E-state index contributed by atoms with van der Waals surface area (Å²) in [7, 11) is 0. The maximum atomic E-state index is 12.5. The highest BCUT2D eigenvalue weighted by Gasteiger charge is 2.74. The van der Waals surface area contributed by atoms with Crippen LogP contribution in [-0.4, -0.2) is 5.78 Å². The molecular formula is C19H15NO. The van der Waals surface area contributed by atoms with E-state index in [0.29, 0.717) is 6.42 Å². The van der Waals surface area contributed by atoms with Crippen LogP contribution in [-0.2, 0) is 10.2 Å². The quantitative estimate of drug-likeness (QED) is 0.841. The van der Waals surface area contributed by atoms with E-state index in [-0.39, 0.29) is 23.0 Å². The van der Waals surface area contributed by atoms with E-state index in [2.05, 4.69) is 30.3 Å². The van der Waals surface area contributed by atoms with Crippen LogP contribution in [0.1, 0.15) is 23.5 Å². The molecule has 2 aliphatic carbocycles. The van der Waals surface area contributed by atoms with Crippen molar-refractivity contribution in [3.05, 3.63) is 71.8 Å². The number of Topliss-reactive ketones (excluding diaryl/α,β-unsaturated/α-hetero) is 1. The lowest BCUT2D eigenvalue weighted by atomic mass is 9.85. The number of ketones is 1. The molecule has 0 unspecified atom stereocenters. The number of nitriles is 1.